The van der Waals surface area contributed by atoms with Gasteiger partial charge in [0.1, 0.15) is 11.6 Å². The first kappa shape index (κ1) is 25.8. The maximum atomic E-state index is 13.8. The summed E-state index contributed by atoms with van der Waals surface area (Å²) in [7, 11) is 0. The highest BCUT2D eigenvalue weighted by Gasteiger charge is 2.24. The van der Waals surface area contributed by atoms with Gasteiger partial charge in [0.25, 0.3) is 0 Å². The molecule has 2 aliphatic heterocycles. The van der Waals surface area contributed by atoms with Crippen LogP contribution in [0.15, 0.2) is 29.0 Å². The minimum atomic E-state index is -0.894. The van der Waals surface area contributed by atoms with Gasteiger partial charge in [-0.3, -0.25) is 9.69 Å². The third kappa shape index (κ3) is 5.26. The Morgan fingerprint density at radius 2 is 1.89 bits per heavy atom. The van der Waals surface area contributed by atoms with Gasteiger partial charge in [0.2, 0.25) is 11.7 Å². The van der Waals surface area contributed by atoms with E-state index in [4.69, 9.17) is 38.1 Å². The molecule has 0 bridgehead atoms. The number of nitrogens with zero attached hydrogens (tertiary/aromatic N) is 3. The minimum Gasteiger partial charge on any atom is -0.486 e. The lowest BCUT2D eigenvalue weighted by Crippen LogP contribution is -2.41. The van der Waals surface area contributed by atoms with Gasteiger partial charge in [-0.1, -0.05) is 29.3 Å². The van der Waals surface area contributed by atoms with Crippen LogP contribution in [-0.4, -0.2) is 60.0 Å². The molecule has 2 aliphatic rings. The molecule has 0 radical (unpaired) electrons. The van der Waals surface area contributed by atoms with E-state index < -0.39 is 11.6 Å². The zero-order valence-electron chi connectivity index (χ0n) is 20.0. The fourth-order valence-electron chi connectivity index (χ4n) is 4.84. The van der Waals surface area contributed by atoms with Gasteiger partial charge in [-0.2, -0.15) is 0 Å². The molecule has 4 heterocycles. The predicted octanol–water partition coefficient (Wildman–Crippen LogP) is 5.33. The molecule has 2 N–H and O–H groups in total. The highest BCUT2D eigenvalue weighted by molar-refractivity contribution is 6.36. The van der Waals surface area contributed by atoms with Crippen LogP contribution in [0.25, 0.3) is 16.5 Å². The van der Waals surface area contributed by atoms with Gasteiger partial charge in [-0.15, -0.1) is 0 Å². The van der Waals surface area contributed by atoms with E-state index in [2.05, 4.69) is 9.88 Å². The standard InChI is InChI=1S/C26H26Cl2F2N4O3/c27-22-16(23(28)20(30)11-19(22)29)5-10-36-25-24-17(12-32-26(25)31)18(14-37-24)15-3-8-34(9-4-15)21(35)13-33-6-1-2-7-33/h3,11-12,14H,1-2,4-10,13H2,(H2,31,32). The number of pyridine rings is 1. The Kier molecular flexibility index (Phi) is 7.55. The molecule has 1 fully saturated rings. The average molecular weight is 551 g/mol. The molecular formula is C26H26Cl2F2N4O3. The lowest BCUT2D eigenvalue weighted by Gasteiger charge is -2.28. The highest BCUT2D eigenvalue weighted by atomic mass is 35.5. The molecule has 3 aromatic rings. The Hall–Kier alpha value is -2.88. The van der Waals surface area contributed by atoms with E-state index in [1.807, 2.05) is 11.0 Å². The average Bonchev–Trinajstić information content (AvgIpc) is 3.56. The Bertz CT molecular complexity index is 1350. The summed E-state index contributed by atoms with van der Waals surface area (Å²) in [5, 5.41) is 0.216. The first-order valence-corrected chi connectivity index (χ1v) is 12.9. The van der Waals surface area contributed by atoms with E-state index in [1.54, 1.807) is 12.5 Å². The molecule has 0 unspecified atom stereocenters. The van der Waals surface area contributed by atoms with Crippen LogP contribution >= 0.6 is 23.2 Å². The zero-order valence-corrected chi connectivity index (χ0v) is 21.5. The number of anilines is 1. The van der Waals surface area contributed by atoms with Crippen molar-refractivity contribution in [1.82, 2.24) is 14.8 Å². The fourth-order valence-corrected chi connectivity index (χ4v) is 5.37. The Labute approximate surface area is 222 Å². The van der Waals surface area contributed by atoms with Crippen molar-refractivity contribution in [2.45, 2.75) is 25.7 Å². The van der Waals surface area contributed by atoms with Crippen molar-refractivity contribution in [3.05, 3.63) is 57.4 Å². The van der Waals surface area contributed by atoms with Crippen LogP contribution in [0.5, 0.6) is 5.75 Å². The van der Waals surface area contributed by atoms with Crippen LogP contribution in [0.3, 0.4) is 0 Å². The van der Waals surface area contributed by atoms with E-state index in [9.17, 15) is 13.6 Å². The lowest BCUT2D eigenvalue weighted by molar-refractivity contribution is -0.131. The number of rotatable bonds is 7. The zero-order chi connectivity index (χ0) is 26.1. The van der Waals surface area contributed by atoms with Crippen molar-refractivity contribution >= 4 is 51.5 Å². The van der Waals surface area contributed by atoms with Crippen molar-refractivity contribution in [3.63, 3.8) is 0 Å². The summed E-state index contributed by atoms with van der Waals surface area (Å²) in [5.41, 5.74) is 8.48. The molecule has 0 spiro atoms. The lowest BCUT2D eigenvalue weighted by atomic mass is 9.99. The number of likely N-dealkylation sites (tertiary alicyclic amines) is 1. The fraction of sp³-hybridized carbons (Fsp3) is 0.385. The van der Waals surface area contributed by atoms with Crippen molar-refractivity contribution in [2.75, 3.05) is 45.1 Å². The number of aromatic nitrogens is 1. The van der Waals surface area contributed by atoms with E-state index in [0.717, 1.165) is 42.5 Å². The Balaban J connectivity index is 1.29. The molecule has 0 atom stereocenters. The van der Waals surface area contributed by atoms with E-state index in [0.29, 0.717) is 37.7 Å². The number of hydrogen-bond acceptors (Lipinski definition) is 6. The number of nitrogens with two attached hydrogens (primary N) is 1. The second kappa shape index (κ2) is 10.8. The van der Waals surface area contributed by atoms with Crippen LogP contribution in [0, 0.1) is 11.6 Å². The molecule has 2 aromatic heterocycles. The van der Waals surface area contributed by atoms with Crippen LogP contribution in [-0.2, 0) is 11.2 Å². The number of nitrogen functional groups attached to an aromatic ring is 1. The molecule has 1 saturated heterocycles. The predicted molar refractivity (Wildman–Crippen MR) is 139 cm³/mol. The van der Waals surface area contributed by atoms with Crippen molar-refractivity contribution < 1.29 is 22.7 Å². The van der Waals surface area contributed by atoms with Gasteiger partial charge >= 0.3 is 0 Å². The highest BCUT2D eigenvalue weighted by Crippen LogP contribution is 2.38. The van der Waals surface area contributed by atoms with E-state index in [1.165, 1.54) is 0 Å². The van der Waals surface area contributed by atoms with Crippen LogP contribution in [0.4, 0.5) is 14.6 Å². The number of ether oxygens (including phenoxy) is 1. The third-order valence-electron chi connectivity index (χ3n) is 6.87. The third-order valence-corrected chi connectivity index (χ3v) is 7.68. The summed E-state index contributed by atoms with van der Waals surface area (Å²) in [5.74, 6) is -1.29. The number of hydrogen-bond donors (Lipinski definition) is 1. The van der Waals surface area contributed by atoms with E-state index >= 15 is 0 Å². The second-order valence-corrected chi connectivity index (χ2v) is 9.97. The van der Waals surface area contributed by atoms with Crippen molar-refractivity contribution in [2.24, 2.45) is 0 Å². The normalized spacial score (nSPS) is 16.4. The second-order valence-electron chi connectivity index (χ2n) is 9.21. The molecule has 1 aromatic carbocycles. The number of carbonyl (C=O) groups is 1. The molecule has 1 amide bonds. The monoisotopic (exact) mass is 550 g/mol. The summed E-state index contributed by atoms with van der Waals surface area (Å²) in [6.45, 7) is 3.60. The summed E-state index contributed by atoms with van der Waals surface area (Å²) in [6.07, 6.45) is 8.32. The summed E-state index contributed by atoms with van der Waals surface area (Å²) in [6, 6.07) is 0.644. The van der Waals surface area contributed by atoms with Crippen LogP contribution in [0.2, 0.25) is 10.0 Å². The molecule has 5 rings (SSSR count). The van der Waals surface area contributed by atoms with Crippen molar-refractivity contribution in [1.29, 1.82) is 0 Å². The number of amides is 1. The summed E-state index contributed by atoms with van der Waals surface area (Å²) < 4.78 is 39.3. The smallest absolute Gasteiger partial charge is 0.237 e. The van der Waals surface area contributed by atoms with Crippen LogP contribution < -0.4 is 10.5 Å². The Morgan fingerprint density at radius 3 is 2.57 bits per heavy atom. The van der Waals surface area contributed by atoms with Crippen LogP contribution in [0.1, 0.15) is 30.4 Å². The molecular weight excluding hydrogens is 525 g/mol. The maximum absolute atomic E-state index is 13.8. The van der Waals surface area contributed by atoms with Gasteiger partial charge in [0.05, 0.1) is 34.8 Å². The molecule has 11 heteroatoms. The largest absolute Gasteiger partial charge is 0.486 e. The topological polar surface area (TPSA) is 84.8 Å². The van der Waals surface area contributed by atoms with Gasteiger partial charge in [-0.25, -0.2) is 13.8 Å². The SMILES string of the molecule is Nc1ncc2c(C3=CCN(C(=O)CN4CCCC4)CC3)coc2c1OCCc1c(Cl)c(F)cc(F)c1Cl. The summed E-state index contributed by atoms with van der Waals surface area (Å²) >= 11 is 11.9. The quantitative estimate of drug-likeness (QED) is 0.400. The minimum absolute atomic E-state index is 0.0137. The maximum Gasteiger partial charge on any atom is 0.237 e. The molecule has 0 aliphatic carbocycles. The number of halogens is 4. The first-order chi connectivity index (χ1) is 17.8. The Morgan fingerprint density at radius 1 is 1.16 bits per heavy atom. The molecule has 196 valence electrons. The number of benzene rings is 1. The van der Waals surface area contributed by atoms with Gasteiger partial charge < -0.3 is 19.8 Å². The molecule has 0 saturated carbocycles. The first-order valence-electron chi connectivity index (χ1n) is 12.1. The van der Waals surface area contributed by atoms with Gasteiger partial charge in [0.15, 0.2) is 11.4 Å². The number of furan rings is 1. The molecule has 37 heavy (non-hydrogen) atoms. The van der Waals surface area contributed by atoms with Gasteiger partial charge in [0, 0.05) is 37.3 Å². The number of carbonyl (C=O) groups excluding carboxylic acids is 1. The summed E-state index contributed by atoms with van der Waals surface area (Å²) in [4.78, 5) is 21.0. The number of fused-ring (bicyclic) bond motifs is 1. The van der Waals surface area contributed by atoms with Crippen molar-refractivity contribution in [3.8, 4) is 5.75 Å². The molecule has 7 nitrogen and oxygen atoms in total. The van der Waals surface area contributed by atoms with Gasteiger partial charge in [-0.05, 0) is 43.5 Å². The van der Waals surface area contributed by atoms with E-state index in [-0.39, 0.29) is 46.1 Å².